The summed E-state index contributed by atoms with van der Waals surface area (Å²) in [5, 5.41) is 5.43. The zero-order valence-corrected chi connectivity index (χ0v) is 22.4. The lowest BCUT2D eigenvalue weighted by Gasteiger charge is -2.35. The molecule has 0 aliphatic carbocycles. The van der Waals surface area contributed by atoms with E-state index in [2.05, 4.69) is 20.6 Å². The second-order valence-corrected chi connectivity index (χ2v) is 9.44. The van der Waals surface area contributed by atoms with Crippen LogP contribution in [-0.4, -0.2) is 60.6 Å². The molecule has 4 rings (SSSR count). The second-order valence-electron chi connectivity index (χ2n) is 8.63. The van der Waals surface area contributed by atoms with Crippen molar-refractivity contribution in [3.63, 3.8) is 0 Å². The van der Waals surface area contributed by atoms with E-state index in [1.807, 2.05) is 11.9 Å². The van der Waals surface area contributed by atoms with Crippen molar-refractivity contribution in [3.8, 4) is 5.88 Å². The van der Waals surface area contributed by atoms with E-state index in [1.54, 1.807) is 13.0 Å². The fourth-order valence-corrected chi connectivity index (χ4v) is 4.48. The summed E-state index contributed by atoms with van der Waals surface area (Å²) < 4.78 is 62.7. The first-order valence-corrected chi connectivity index (χ1v) is 12.6. The average molecular weight is 587 g/mol. The number of nitrogens with one attached hydrogen (secondary N) is 2. The van der Waals surface area contributed by atoms with E-state index < -0.39 is 29.2 Å². The molecular weight excluding hydrogens is 563 g/mol. The molecule has 1 aromatic heterocycles. The van der Waals surface area contributed by atoms with Crippen molar-refractivity contribution < 1.29 is 27.1 Å². The Morgan fingerprint density at radius 3 is 2.38 bits per heavy atom. The quantitative estimate of drug-likeness (QED) is 0.324. The number of likely N-dealkylation sites (N-methyl/N-ethyl adjacent to an activating group) is 1. The zero-order chi connectivity index (χ0) is 28.3. The van der Waals surface area contributed by atoms with E-state index in [-0.39, 0.29) is 45.4 Å². The molecule has 2 N–H and O–H groups in total. The van der Waals surface area contributed by atoms with E-state index in [9.17, 15) is 18.0 Å². The minimum atomic E-state index is -4.94. The van der Waals surface area contributed by atoms with Crippen molar-refractivity contribution in [1.29, 1.82) is 0 Å². The highest BCUT2D eigenvalue weighted by molar-refractivity contribution is 6.40. The topological polar surface area (TPSA) is 82.6 Å². The minimum absolute atomic E-state index is 0.0970. The number of para-hydroxylation sites is 1. The highest BCUT2D eigenvalue weighted by Gasteiger charge is 2.40. The summed E-state index contributed by atoms with van der Waals surface area (Å²) in [4.78, 5) is 24.5. The molecule has 0 saturated carbocycles. The smallest absolute Gasteiger partial charge is 0.421 e. The number of piperazine rings is 1. The van der Waals surface area contributed by atoms with Crippen LogP contribution in [0.1, 0.15) is 22.8 Å². The van der Waals surface area contributed by atoms with E-state index in [0.717, 1.165) is 6.20 Å². The molecule has 1 fully saturated rings. The molecule has 14 heteroatoms. The van der Waals surface area contributed by atoms with Gasteiger partial charge in [0.2, 0.25) is 11.8 Å². The summed E-state index contributed by atoms with van der Waals surface area (Å²) >= 11 is 12.2. The fourth-order valence-electron chi connectivity index (χ4n) is 3.99. The van der Waals surface area contributed by atoms with E-state index in [4.69, 9.17) is 27.9 Å². The Morgan fingerprint density at radius 2 is 1.77 bits per heavy atom. The molecule has 0 atom stereocenters. The number of carbonyl (C=O) groups is 1. The van der Waals surface area contributed by atoms with Crippen molar-refractivity contribution in [3.05, 3.63) is 63.5 Å². The fraction of sp³-hybridized carbons (Fsp3) is 0.320. The average Bonchev–Trinajstić information content (AvgIpc) is 2.87. The molecule has 2 aromatic carbocycles. The number of benzene rings is 2. The summed E-state index contributed by atoms with van der Waals surface area (Å²) in [6.07, 6.45) is -3.85. The number of rotatable bonds is 7. The third-order valence-electron chi connectivity index (χ3n) is 5.97. The van der Waals surface area contributed by atoms with Crippen LogP contribution in [0.5, 0.6) is 5.88 Å². The van der Waals surface area contributed by atoms with Gasteiger partial charge in [-0.2, -0.15) is 18.2 Å². The predicted octanol–water partition coefficient (Wildman–Crippen LogP) is 6.09. The maximum Gasteiger partial charge on any atom is 0.421 e. The molecule has 0 unspecified atom stereocenters. The van der Waals surface area contributed by atoms with Gasteiger partial charge in [0.1, 0.15) is 11.1 Å². The molecule has 3 aromatic rings. The number of alkyl halides is 3. The number of halogens is 6. The lowest BCUT2D eigenvalue weighted by molar-refractivity contribution is -0.139. The first-order chi connectivity index (χ1) is 18.5. The number of carbonyl (C=O) groups excluding carboxylic acids is 1. The normalized spacial score (nSPS) is 14.3. The largest absolute Gasteiger partial charge is 0.477 e. The lowest BCUT2D eigenvalue weighted by Crippen LogP contribution is -2.45. The van der Waals surface area contributed by atoms with Crippen LogP contribution in [0.3, 0.4) is 0 Å². The van der Waals surface area contributed by atoms with E-state index >= 15 is 4.39 Å². The van der Waals surface area contributed by atoms with Gasteiger partial charge >= 0.3 is 6.18 Å². The zero-order valence-electron chi connectivity index (χ0n) is 20.9. The Balaban J connectivity index is 1.63. The van der Waals surface area contributed by atoms with Gasteiger partial charge in [0.25, 0.3) is 5.91 Å². The molecule has 1 aliphatic rings. The standard InChI is InChI=1S/C25H24Cl2F4N6O2/c1-3-39-23-14(22(38)34-21-15(26)5-4-6-16(21)27)13-32-24(35-23)33-17-7-8-18(19(20(17)28)25(29,30)31)37-11-9-36(2)10-12-37/h4-8,13H,3,9-12H2,1-2H3,(H,34,38)(H,32,33,35). The van der Waals surface area contributed by atoms with Crippen molar-refractivity contribution in [2.75, 3.05) is 55.4 Å². The summed E-state index contributed by atoms with van der Waals surface area (Å²) in [6.45, 7) is 3.51. The molecule has 0 bridgehead atoms. The van der Waals surface area contributed by atoms with Crippen LogP contribution in [0.2, 0.25) is 10.0 Å². The monoisotopic (exact) mass is 586 g/mol. The maximum absolute atomic E-state index is 15.3. The molecular formula is C25H24Cl2F4N6O2. The molecule has 1 aliphatic heterocycles. The van der Waals surface area contributed by atoms with Gasteiger partial charge in [-0.05, 0) is 38.2 Å². The van der Waals surface area contributed by atoms with E-state index in [0.29, 0.717) is 26.2 Å². The Kier molecular flexibility index (Phi) is 8.67. The molecule has 2 heterocycles. The van der Waals surface area contributed by atoms with Crippen LogP contribution in [0, 0.1) is 5.82 Å². The van der Waals surface area contributed by atoms with Crippen molar-refractivity contribution in [1.82, 2.24) is 14.9 Å². The van der Waals surface area contributed by atoms with Gasteiger partial charge in [-0.25, -0.2) is 9.37 Å². The number of hydrogen-bond acceptors (Lipinski definition) is 7. The molecule has 0 radical (unpaired) electrons. The van der Waals surface area contributed by atoms with Crippen molar-refractivity contribution in [2.24, 2.45) is 0 Å². The van der Waals surface area contributed by atoms with Crippen LogP contribution >= 0.6 is 23.2 Å². The third-order valence-corrected chi connectivity index (χ3v) is 6.60. The predicted molar refractivity (Wildman–Crippen MR) is 142 cm³/mol. The molecule has 208 valence electrons. The Hall–Kier alpha value is -3.35. The molecule has 39 heavy (non-hydrogen) atoms. The summed E-state index contributed by atoms with van der Waals surface area (Å²) in [5.41, 5.74) is -2.03. The number of nitrogens with zero attached hydrogens (tertiary/aromatic N) is 4. The van der Waals surface area contributed by atoms with Gasteiger partial charge in [0.15, 0.2) is 5.82 Å². The molecule has 1 saturated heterocycles. The van der Waals surface area contributed by atoms with Gasteiger partial charge in [-0.3, -0.25) is 4.79 Å². The summed E-state index contributed by atoms with van der Waals surface area (Å²) in [7, 11) is 1.87. The van der Waals surface area contributed by atoms with Gasteiger partial charge in [-0.15, -0.1) is 0 Å². The number of amides is 1. The number of anilines is 4. The van der Waals surface area contributed by atoms with Gasteiger partial charge < -0.3 is 25.2 Å². The first-order valence-electron chi connectivity index (χ1n) is 11.8. The first kappa shape index (κ1) is 28.7. The van der Waals surface area contributed by atoms with Gasteiger partial charge in [0.05, 0.1) is 33.7 Å². The minimum Gasteiger partial charge on any atom is -0.477 e. The number of ether oxygens (including phenoxy) is 1. The Bertz CT molecular complexity index is 1350. The summed E-state index contributed by atoms with van der Waals surface area (Å²) in [6, 6.07) is 7.10. The SMILES string of the molecule is CCOc1nc(Nc2ccc(N3CCN(C)CC3)c(C(F)(F)F)c2F)ncc1C(=O)Nc1c(Cl)cccc1Cl. The van der Waals surface area contributed by atoms with Crippen LogP contribution in [0.4, 0.5) is 40.6 Å². The Morgan fingerprint density at radius 1 is 1.10 bits per heavy atom. The van der Waals surface area contributed by atoms with Crippen LogP contribution in [0.25, 0.3) is 0 Å². The second kappa shape index (κ2) is 11.8. The molecule has 8 nitrogen and oxygen atoms in total. The number of aromatic nitrogens is 2. The lowest BCUT2D eigenvalue weighted by atomic mass is 10.1. The van der Waals surface area contributed by atoms with Crippen molar-refractivity contribution in [2.45, 2.75) is 13.1 Å². The number of hydrogen-bond donors (Lipinski definition) is 2. The molecule has 1 amide bonds. The highest BCUT2D eigenvalue weighted by atomic mass is 35.5. The third kappa shape index (κ3) is 6.45. The highest BCUT2D eigenvalue weighted by Crippen LogP contribution is 2.41. The van der Waals surface area contributed by atoms with Crippen molar-refractivity contribution >= 4 is 52.1 Å². The van der Waals surface area contributed by atoms with Gasteiger partial charge in [0, 0.05) is 32.4 Å². The molecule has 0 spiro atoms. The van der Waals surface area contributed by atoms with Crippen LogP contribution in [-0.2, 0) is 6.18 Å². The van der Waals surface area contributed by atoms with Gasteiger partial charge in [-0.1, -0.05) is 29.3 Å². The maximum atomic E-state index is 15.3. The summed E-state index contributed by atoms with van der Waals surface area (Å²) in [5.74, 6) is -2.64. The van der Waals surface area contributed by atoms with E-state index in [1.165, 1.54) is 29.2 Å². The Labute approximate surface area is 231 Å². The van der Waals surface area contributed by atoms with Crippen LogP contribution < -0.4 is 20.3 Å². The van der Waals surface area contributed by atoms with Crippen LogP contribution in [0.15, 0.2) is 36.5 Å².